The van der Waals surface area contributed by atoms with Crippen LogP contribution in [0.15, 0.2) is 0 Å². The number of amides is 5. The van der Waals surface area contributed by atoms with Gasteiger partial charge in [-0.3, -0.25) is 28.8 Å². The molecule has 11 nitrogen and oxygen atoms in total. The fraction of sp³-hybridized carbons (Fsp3) is 0.760. The van der Waals surface area contributed by atoms with Crippen molar-refractivity contribution in [1.82, 2.24) is 26.2 Å². The number of hydrogen-bond donors (Lipinski definition) is 4. The second-order valence-corrected chi connectivity index (χ2v) is 12.0. The van der Waals surface area contributed by atoms with E-state index in [0.29, 0.717) is 13.0 Å². The van der Waals surface area contributed by atoms with Crippen LogP contribution >= 0.6 is 0 Å². The van der Waals surface area contributed by atoms with Crippen molar-refractivity contribution < 1.29 is 37.5 Å². The van der Waals surface area contributed by atoms with Crippen LogP contribution in [0.2, 0.25) is 0 Å². The summed E-state index contributed by atoms with van der Waals surface area (Å²) in [6.07, 6.45) is -2.96. The second kappa shape index (κ2) is 10.6. The number of likely N-dealkylation sites (N-methyl/N-ethyl adjacent to an activating group) is 1. The van der Waals surface area contributed by atoms with Gasteiger partial charge in [-0.2, -0.15) is 8.78 Å². The molecular formula is C25H37F2N5O6. The van der Waals surface area contributed by atoms with E-state index in [1.54, 1.807) is 20.8 Å². The third-order valence-electron chi connectivity index (χ3n) is 8.12. The van der Waals surface area contributed by atoms with Crippen LogP contribution in [0.25, 0.3) is 0 Å². The summed E-state index contributed by atoms with van der Waals surface area (Å²) in [5.74, 6) is -5.97. The number of Topliss-reactive ketones (excluding diaryl/α,β-unsaturated/α-hetero) is 1. The van der Waals surface area contributed by atoms with Gasteiger partial charge in [-0.05, 0) is 35.5 Å². The first-order chi connectivity index (χ1) is 17.5. The zero-order valence-electron chi connectivity index (χ0n) is 22.5. The number of rotatable bonds is 9. The highest BCUT2D eigenvalue weighted by atomic mass is 19.3. The number of piperidine rings is 1. The predicted molar refractivity (Wildman–Crippen MR) is 130 cm³/mol. The molecule has 0 bridgehead atoms. The van der Waals surface area contributed by atoms with Gasteiger partial charge in [0.05, 0.1) is 6.04 Å². The summed E-state index contributed by atoms with van der Waals surface area (Å²) < 4.78 is 26.0. The fourth-order valence-electron chi connectivity index (χ4n) is 5.76. The molecule has 0 radical (unpaired) electrons. The van der Waals surface area contributed by atoms with Crippen LogP contribution in [0.1, 0.15) is 47.5 Å². The van der Waals surface area contributed by atoms with E-state index in [4.69, 9.17) is 0 Å². The van der Waals surface area contributed by atoms with Crippen LogP contribution < -0.4 is 21.3 Å². The molecule has 5 amide bonds. The summed E-state index contributed by atoms with van der Waals surface area (Å²) in [4.78, 5) is 77.5. The predicted octanol–water partition coefficient (Wildman–Crippen LogP) is -0.408. The smallest absolute Gasteiger partial charge is 0.315 e. The van der Waals surface area contributed by atoms with Gasteiger partial charge in [0.15, 0.2) is 0 Å². The summed E-state index contributed by atoms with van der Waals surface area (Å²) in [5.41, 5.74) is -1.24. The maximum atomic E-state index is 13.7. The van der Waals surface area contributed by atoms with Gasteiger partial charge < -0.3 is 26.2 Å². The Morgan fingerprint density at radius 1 is 1.13 bits per heavy atom. The lowest BCUT2D eigenvalue weighted by molar-refractivity contribution is -0.148. The first-order valence-electron chi connectivity index (χ1n) is 12.7. The average molecular weight is 542 g/mol. The van der Waals surface area contributed by atoms with Gasteiger partial charge in [-0.25, -0.2) is 0 Å². The molecule has 0 aromatic rings. The summed E-state index contributed by atoms with van der Waals surface area (Å²) in [6.45, 7) is 9.32. The SMILES string of the molecule is CNC(=O)C(=O)C(C[C@@H]1CCNC1=O)NC(=O)[C@@H]1[C@@H]2[C@H](CN1C(=O)C(NC(=O)C(F)F)C(C)(C)C)C2(C)C. The number of likely N-dealkylation sites (tertiary alicyclic amines) is 1. The molecule has 1 aliphatic carbocycles. The largest absolute Gasteiger partial charge is 0.356 e. The molecule has 2 heterocycles. The van der Waals surface area contributed by atoms with Crippen molar-refractivity contribution in [2.75, 3.05) is 20.1 Å². The molecule has 0 spiro atoms. The molecule has 1 saturated carbocycles. The second-order valence-electron chi connectivity index (χ2n) is 12.0. The lowest BCUT2D eigenvalue weighted by Gasteiger charge is -2.38. The summed E-state index contributed by atoms with van der Waals surface area (Å²) >= 11 is 0. The number of alkyl halides is 2. The van der Waals surface area contributed by atoms with E-state index in [1.165, 1.54) is 11.9 Å². The molecular weight excluding hydrogens is 504 g/mol. The first kappa shape index (κ1) is 29.4. The Bertz CT molecular complexity index is 1030. The first-order valence-corrected chi connectivity index (χ1v) is 12.7. The number of ketones is 1. The Labute approximate surface area is 220 Å². The number of halogens is 2. The number of carbonyl (C=O) groups excluding carboxylic acids is 6. The van der Waals surface area contributed by atoms with Gasteiger partial charge >= 0.3 is 6.43 Å². The normalized spacial score (nSPS) is 27.2. The minimum atomic E-state index is -3.32. The van der Waals surface area contributed by atoms with Gasteiger partial charge in [-0.1, -0.05) is 34.6 Å². The summed E-state index contributed by atoms with van der Waals surface area (Å²) in [6, 6.07) is -3.68. The molecule has 212 valence electrons. The molecule has 2 unspecified atom stereocenters. The minimum Gasteiger partial charge on any atom is -0.356 e. The molecule has 0 aromatic carbocycles. The molecule has 2 saturated heterocycles. The third kappa shape index (κ3) is 5.65. The fourth-order valence-corrected chi connectivity index (χ4v) is 5.76. The molecule has 38 heavy (non-hydrogen) atoms. The molecule has 13 heteroatoms. The van der Waals surface area contributed by atoms with Crippen molar-refractivity contribution in [2.45, 2.75) is 72.0 Å². The van der Waals surface area contributed by atoms with Crippen molar-refractivity contribution in [3.63, 3.8) is 0 Å². The highest BCUT2D eigenvalue weighted by Gasteiger charge is 2.70. The van der Waals surface area contributed by atoms with Gasteiger partial charge in [-0.15, -0.1) is 0 Å². The average Bonchev–Trinajstić information content (AvgIpc) is 3.19. The Morgan fingerprint density at radius 3 is 2.26 bits per heavy atom. The van der Waals surface area contributed by atoms with Crippen molar-refractivity contribution in [3.05, 3.63) is 0 Å². The van der Waals surface area contributed by atoms with Gasteiger partial charge in [0, 0.05) is 26.1 Å². The minimum absolute atomic E-state index is 0.0534. The lowest BCUT2D eigenvalue weighted by atomic mass is 9.85. The maximum Gasteiger partial charge on any atom is 0.315 e. The van der Waals surface area contributed by atoms with Crippen LogP contribution in [0, 0.1) is 28.6 Å². The summed E-state index contributed by atoms with van der Waals surface area (Å²) in [7, 11) is 1.27. The Balaban J connectivity index is 1.88. The van der Waals surface area contributed by atoms with Crippen molar-refractivity contribution in [1.29, 1.82) is 0 Å². The van der Waals surface area contributed by atoms with E-state index in [-0.39, 0.29) is 36.1 Å². The lowest BCUT2D eigenvalue weighted by Crippen LogP contribution is -2.61. The third-order valence-corrected chi connectivity index (χ3v) is 8.12. The van der Waals surface area contributed by atoms with Crippen molar-refractivity contribution >= 4 is 35.3 Å². The molecule has 0 aromatic heterocycles. The number of nitrogens with one attached hydrogen (secondary N) is 4. The van der Waals surface area contributed by atoms with Crippen LogP contribution in [0.4, 0.5) is 8.78 Å². The zero-order valence-corrected chi connectivity index (χ0v) is 22.5. The van der Waals surface area contributed by atoms with Gasteiger partial charge in [0.2, 0.25) is 23.5 Å². The van der Waals surface area contributed by atoms with Gasteiger partial charge in [0.25, 0.3) is 11.8 Å². The van der Waals surface area contributed by atoms with E-state index >= 15 is 0 Å². The monoisotopic (exact) mass is 541 g/mol. The molecule has 3 fully saturated rings. The van der Waals surface area contributed by atoms with E-state index in [2.05, 4.69) is 21.3 Å². The number of fused-ring (bicyclic) bond motifs is 1. The number of carbonyl (C=O) groups is 6. The van der Waals surface area contributed by atoms with E-state index < -0.39 is 65.3 Å². The van der Waals surface area contributed by atoms with E-state index in [9.17, 15) is 37.5 Å². The number of nitrogens with zero attached hydrogens (tertiary/aromatic N) is 1. The van der Waals surface area contributed by atoms with E-state index in [1.807, 2.05) is 13.8 Å². The standard InChI is InChI=1S/C25H37F2N5O6/c1-24(2,3)17(31-22(37)18(26)27)23(38)32-10-12-14(25(12,4)5)15(32)20(35)30-13(16(33)21(36)28-6)9-11-7-8-29-19(11)34/h11-15,17-18H,7-10H2,1-6H3,(H,28,36)(H,29,34)(H,30,35)(H,31,37)/t11-,12-,13?,14-,15-,17?/m0/s1. The van der Waals surface area contributed by atoms with Crippen LogP contribution in [0.5, 0.6) is 0 Å². The van der Waals surface area contributed by atoms with Crippen LogP contribution in [-0.4, -0.2) is 84.9 Å². The molecule has 3 aliphatic rings. The highest BCUT2D eigenvalue weighted by Crippen LogP contribution is 2.65. The van der Waals surface area contributed by atoms with Crippen LogP contribution in [-0.2, 0) is 28.8 Å². The highest BCUT2D eigenvalue weighted by molar-refractivity contribution is 6.38. The quantitative estimate of drug-likeness (QED) is 0.291. The molecule has 4 N–H and O–H groups in total. The van der Waals surface area contributed by atoms with Crippen molar-refractivity contribution in [3.8, 4) is 0 Å². The van der Waals surface area contributed by atoms with Crippen molar-refractivity contribution in [2.24, 2.45) is 28.6 Å². The maximum absolute atomic E-state index is 13.7. The zero-order chi connectivity index (χ0) is 28.7. The number of hydrogen-bond acceptors (Lipinski definition) is 6. The topological polar surface area (TPSA) is 154 Å². The van der Waals surface area contributed by atoms with Gasteiger partial charge in [0.1, 0.15) is 12.1 Å². The Morgan fingerprint density at radius 2 is 1.76 bits per heavy atom. The molecule has 2 aliphatic heterocycles. The Kier molecular flexibility index (Phi) is 8.18. The van der Waals surface area contributed by atoms with Crippen LogP contribution in [0.3, 0.4) is 0 Å². The summed E-state index contributed by atoms with van der Waals surface area (Å²) in [5, 5.41) is 9.61. The molecule has 3 rings (SSSR count). The Hall–Kier alpha value is -3.12. The van der Waals surface area contributed by atoms with E-state index in [0.717, 1.165) is 0 Å². The molecule has 6 atom stereocenters.